The van der Waals surface area contributed by atoms with E-state index in [1.807, 2.05) is 0 Å². The number of rotatable bonds is 3. The largest absolute Gasteiger partial charge is 0.502 e. The average molecular weight is 335 g/mol. The van der Waals surface area contributed by atoms with Gasteiger partial charge in [-0.15, -0.1) is 0 Å². The molecule has 0 amide bonds. The summed E-state index contributed by atoms with van der Waals surface area (Å²) in [6, 6.07) is 3.68. The van der Waals surface area contributed by atoms with Crippen LogP contribution in [0.15, 0.2) is 30.5 Å². The van der Waals surface area contributed by atoms with Crippen LogP contribution in [0.5, 0.6) is 17.4 Å². The highest BCUT2D eigenvalue weighted by atomic mass is 35.5. The molecule has 6 nitrogen and oxygen atoms in total. The van der Waals surface area contributed by atoms with Gasteiger partial charge in [0.05, 0.1) is 10.5 Å². The molecule has 0 aliphatic carbocycles. The second-order valence-electron chi connectivity index (χ2n) is 4.02. The highest BCUT2D eigenvalue weighted by Gasteiger charge is 2.31. The Morgan fingerprint density at radius 1 is 1.32 bits per heavy atom. The van der Waals surface area contributed by atoms with E-state index in [2.05, 4.69) is 4.98 Å². The lowest BCUT2D eigenvalue weighted by Gasteiger charge is -2.10. The van der Waals surface area contributed by atoms with Gasteiger partial charge in [0.1, 0.15) is 10.8 Å². The molecule has 0 fully saturated rings. The van der Waals surface area contributed by atoms with Gasteiger partial charge in [0.25, 0.3) is 0 Å². The van der Waals surface area contributed by atoms with Crippen molar-refractivity contribution in [2.45, 2.75) is 6.18 Å². The first-order valence-corrected chi connectivity index (χ1v) is 5.94. The number of ether oxygens (including phenoxy) is 1. The fraction of sp³-hybridized carbons (Fsp3) is 0.0833. The molecular formula is C12H6ClF3N2O4. The van der Waals surface area contributed by atoms with Gasteiger partial charge < -0.3 is 9.84 Å². The summed E-state index contributed by atoms with van der Waals surface area (Å²) in [5, 5.41) is 19.6. The number of nitrogens with zero attached hydrogens (tertiary/aromatic N) is 2. The maximum atomic E-state index is 12.5. The summed E-state index contributed by atoms with van der Waals surface area (Å²) in [4.78, 5) is 13.2. The Hall–Kier alpha value is -2.55. The van der Waals surface area contributed by atoms with Crippen LogP contribution >= 0.6 is 11.6 Å². The zero-order chi connectivity index (χ0) is 16.5. The Labute approximate surface area is 125 Å². The van der Waals surface area contributed by atoms with Crippen molar-refractivity contribution >= 4 is 17.3 Å². The highest BCUT2D eigenvalue weighted by Crippen LogP contribution is 2.36. The van der Waals surface area contributed by atoms with E-state index in [0.29, 0.717) is 12.3 Å². The minimum Gasteiger partial charge on any atom is -0.502 e. The summed E-state index contributed by atoms with van der Waals surface area (Å²) in [5.74, 6) is -1.06. The van der Waals surface area contributed by atoms with E-state index in [1.54, 1.807) is 0 Å². The van der Waals surface area contributed by atoms with Crippen molar-refractivity contribution in [3.8, 4) is 17.4 Å². The van der Waals surface area contributed by atoms with E-state index in [-0.39, 0.29) is 11.6 Å². The first-order chi connectivity index (χ1) is 10.2. The van der Waals surface area contributed by atoms with Gasteiger partial charge in [-0.05, 0) is 12.1 Å². The van der Waals surface area contributed by atoms with Crippen LogP contribution in [0.3, 0.4) is 0 Å². The Morgan fingerprint density at radius 2 is 2.00 bits per heavy atom. The van der Waals surface area contributed by atoms with Gasteiger partial charge >= 0.3 is 11.9 Å². The maximum absolute atomic E-state index is 12.5. The number of alkyl halides is 3. The molecule has 2 rings (SSSR count). The lowest BCUT2D eigenvalue weighted by atomic mass is 10.2. The van der Waals surface area contributed by atoms with Crippen LogP contribution in [0.1, 0.15) is 5.56 Å². The summed E-state index contributed by atoms with van der Waals surface area (Å²) >= 11 is 5.65. The van der Waals surface area contributed by atoms with Crippen molar-refractivity contribution < 1.29 is 27.9 Å². The number of benzene rings is 1. The van der Waals surface area contributed by atoms with E-state index >= 15 is 0 Å². The first-order valence-electron chi connectivity index (χ1n) is 5.56. The van der Waals surface area contributed by atoms with Crippen molar-refractivity contribution in [2.75, 3.05) is 0 Å². The number of phenols is 1. The highest BCUT2D eigenvalue weighted by molar-refractivity contribution is 6.31. The van der Waals surface area contributed by atoms with Crippen LogP contribution in [0.2, 0.25) is 5.02 Å². The zero-order valence-electron chi connectivity index (χ0n) is 10.5. The summed E-state index contributed by atoms with van der Waals surface area (Å²) in [6.07, 6.45) is -4.06. The minimum atomic E-state index is -4.60. The van der Waals surface area contributed by atoms with Crippen molar-refractivity contribution in [1.29, 1.82) is 0 Å². The van der Waals surface area contributed by atoms with Crippen molar-refractivity contribution in [2.24, 2.45) is 0 Å². The molecule has 1 N–H and O–H groups in total. The summed E-state index contributed by atoms with van der Waals surface area (Å²) in [7, 11) is 0. The Kier molecular flexibility index (Phi) is 4.09. The van der Waals surface area contributed by atoms with Crippen molar-refractivity contribution in [1.82, 2.24) is 4.98 Å². The Balaban J connectivity index is 2.28. The fourth-order valence-electron chi connectivity index (χ4n) is 1.49. The molecule has 0 spiro atoms. The first kappa shape index (κ1) is 15.8. The standard InChI is InChI=1S/C12H6ClF3N2O4/c13-8-3-6(12(14,15)16)5-17-11(8)22-7-1-2-9(18(20)21)10(19)4-7/h1-5,19H. The number of aromatic hydroxyl groups is 1. The topological polar surface area (TPSA) is 85.5 Å². The van der Waals surface area contributed by atoms with Crippen LogP contribution in [-0.4, -0.2) is 15.0 Å². The van der Waals surface area contributed by atoms with Gasteiger partial charge in [-0.3, -0.25) is 10.1 Å². The van der Waals surface area contributed by atoms with Gasteiger partial charge in [0, 0.05) is 18.3 Å². The Morgan fingerprint density at radius 3 is 2.50 bits per heavy atom. The van der Waals surface area contributed by atoms with Gasteiger partial charge in [-0.1, -0.05) is 11.6 Å². The van der Waals surface area contributed by atoms with E-state index < -0.39 is 33.1 Å². The second-order valence-corrected chi connectivity index (χ2v) is 4.43. The smallest absolute Gasteiger partial charge is 0.417 e. The second kappa shape index (κ2) is 5.68. The van der Waals surface area contributed by atoms with E-state index in [0.717, 1.165) is 18.2 Å². The zero-order valence-corrected chi connectivity index (χ0v) is 11.2. The summed E-state index contributed by atoms with van der Waals surface area (Å²) in [6.45, 7) is 0. The molecule has 0 bridgehead atoms. The number of pyridine rings is 1. The molecule has 0 radical (unpaired) electrons. The molecule has 10 heteroatoms. The monoisotopic (exact) mass is 334 g/mol. The normalized spacial score (nSPS) is 11.3. The molecule has 1 aromatic heterocycles. The van der Waals surface area contributed by atoms with Crippen molar-refractivity contribution in [3.05, 3.63) is 51.2 Å². The van der Waals surface area contributed by atoms with Gasteiger partial charge in [-0.2, -0.15) is 13.2 Å². The van der Waals surface area contributed by atoms with E-state index in [9.17, 15) is 28.4 Å². The van der Waals surface area contributed by atoms with E-state index in [1.165, 1.54) is 0 Å². The Bertz CT molecular complexity index is 737. The molecular weight excluding hydrogens is 329 g/mol. The predicted molar refractivity (Wildman–Crippen MR) is 69.1 cm³/mol. The minimum absolute atomic E-state index is 0.0720. The van der Waals surface area contributed by atoms with Crippen molar-refractivity contribution in [3.63, 3.8) is 0 Å². The molecule has 0 saturated carbocycles. The number of nitro groups is 1. The number of hydrogen-bond acceptors (Lipinski definition) is 5. The molecule has 1 heterocycles. The summed E-state index contributed by atoms with van der Waals surface area (Å²) in [5.41, 5.74) is -1.59. The third kappa shape index (κ3) is 3.37. The van der Waals surface area contributed by atoms with Crippen LogP contribution in [0, 0.1) is 10.1 Å². The maximum Gasteiger partial charge on any atom is 0.417 e. The molecule has 1 aromatic carbocycles. The number of hydrogen-bond donors (Lipinski definition) is 1. The molecule has 0 unspecified atom stereocenters. The molecule has 0 atom stereocenters. The van der Waals surface area contributed by atoms with Gasteiger partial charge in [0.2, 0.25) is 5.88 Å². The van der Waals surface area contributed by atoms with Crippen LogP contribution in [0.4, 0.5) is 18.9 Å². The third-order valence-corrected chi connectivity index (χ3v) is 2.76. The average Bonchev–Trinajstić information content (AvgIpc) is 2.39. The number of halogens is 4. The lowest BCUT2D eigenvalue weighted by molar-refractivity contribution is -0.385. The summed E-state index contributed by atoms with van der Waals surface area (Å²) < 4.78 is 42.5. The number of phenolic OH excluding ortho intramolecular Hbond substituents is 1. The molecule has 2 aromatic rings. The van der Waals surface area contributed by atoms with Gasteiger partial charge in [0.15, 0.2) is 5.75 Å². The molecule has 0 saturated heterocycles. The number of nitro benzene ring substituents is 1. The predicted octanol–water partition coefficient (Wildman–Crippen LogP) is 4.16. The molecule has 0 aliphatic heterocycles. The quantitative estimate of drug-likeness (QED) is 0.673. The number of aromatic nitrogens is 1. The fourth-order valence-corrected chi connectivity index (χ4v) is 1.69. The SMILES string of the molecule is O=[N+]([O-])c1ccc(Oc2ncc(C(F)(F)F)cc2Cl)cc1O. The van der Waals surface area contributed by atoms with E-state index in [4.69, 9.17) is 16.3 Å². The van der Waals surface area contributed by atoms with Crippen LogP contribution in [0.25, 0.3) is 0 Å². The van der Waals surface area contributed by atoms with Crippen LogP contribution in [-0.2, 0) is 6.18 Å². The molecule has 22 heavy (non-hydrogen) atoms. The lowest BCUT2D eigenvalue weighted by Crippen LogP contribution is -2.05. The van der Waals surface area contributed by atoms with Gasteiger partial charge in [-0.25, -0.2) is 4.98 Å². The molecule has 0 aliphatic rings. The molecule has 116 valence electrons. The van der Waals surface area contributed by atoms with Crippen LogP contribution < -0.4 is 4.74 Å². The third-order valence-electron chi connectivity index (χ3n) is 2.49.